The Morgan fingerprint density at radius 3 is 2.50 bits per heavy atom. The standard InChI is InChI=1S/C22H21N3O6S/c1-32(30,31)16-5-3-14(4-6-16)20(27)23-11-13-2-7-17-15(10-13)12-25(22(17)29)18-8-9-19(26)24-21(18)28/h2-7,10,18H,8-9,11-12H2,1H3,(H,23,27)(H,24,26,28). The molecule has 4 rings (SSSR count). The van der Waals surface area contributed by atoms with E-state index in [-0.39, 0.29) is 42.1 Å². The maximum absolute atomic E-state index is 12.7. The Morgan fingerprint density at radius 1 is 1.12 bits per heavy atom. The topological polar surface area (TPSA) is 130 Å². The quantitative estimate of drug-likeness (QED) is 0.641. The minimum atomic E-state index is -3.33. The maximum Gasteiger partial charge on any atom is 0.255 e. The molecule has 1 atom stereocenters. The fourth-order valence-electron chi connectivity index (χ4n) is 3.88. The number of imide groups is 1. The Labute approximate surface area is 184 Å². The van der Waals surface area contributed by atoms with Gasteiger partial charge in [-0.15, -0.1) is 0 Å². The highest BCUT2D eigenvalue weighted by molar-refractivity contribution is 7.90. The molecule has 2 heterocycles. The zero-order valence-corrected chi connectivity index (χ0v) is 18.1. The monoisotopic (exact) mass is 455 g/mol. The first kappa shape index (κ1) is 21.7. The lowest BCUT2D eigenvalue weighted by Crippen LogP contribution is -2.52. The molecule has 0 aromatic heterocycles. The Hall–Kier alpha value is -3.53. The minimum absolute atomic E-state index is 0.137. The van der Waals surface area contributed by atoms with Gasteiger partial charge in [0.2, 0.25) is 11.8 Å². The lowest BCUT2D eigenvalue weighted by Gasteiger charge is -2.29. The maximum atomic E-state index is 12.7. The summed E-state index contributed by atoms with van der Waals surface area (Å²) in [6, 6.07) is 10.2. The molecule has 166 valence electrons. The van der Waals surface area contributed by atoms with Crippen molar-refractivity contribution in [3.63, 3.8) is 0 Å². The first-order valence-corrected chi connectivity index (χ1v) is 11.9. The summed E-state index contributed by atoms with van der Waals surface area (Å²) < 4.78 is 23.1. The fraction of sp³-hybridized carbons (Fsp3) is 0.273. The van der Waals surface area contributed by atoms with Crippen molar-refractivity contribution in [2.24, 2.45) is 0 Å². The van der Waals surface area contributed by atoms with Gasteiger partial charge in [-0.2, -0.15) is 0 Å². The summed E-state index contributed by atoms with van der Waals surface area (Å²) in [5.74, 6) is -1.40. The van der Waals surface area contributed by atoms with Gasteiger partial charge in [0.15, 0.2) is 9.84 Å². The van der Waals surface area contributed by atoms with Crippen molar-refractivity contribution in [1.29, 1.82) is 0 Å². The van der Waals surface area contributed by atoms with Crippen molar-refractivity contribution in [3.05, 3.63) is 64.7 Å². The van der Waals surface area contributed by atoms with Gasteiger partial charge in [0.1, 0.15) is 6.04 Å². The molecule has 2 aliphatic heterocycles. The van der Waals surface area contributed by atoms with E-state index in [1.807, 2.05) is 6.07 Å². The molecule has 2 aromatic carbocycles. The van der Waals surface area contributed by atoms with Crippen molar-refractivity contribution in [3.8, 4) is 0 Å². The lowest BCUT2D eigenvalue weighted by atomic mass is 10.0. The smallest absolute Gasteiger partial charge is 0.255 e. The lowest BCUT2D eigenvalue weighted by molar-refractivity contribution is -0.136. The van der Waals surface area contributed by atoms with E-state index in [1.165, 1.54) is 29.2 Å². The van der Waals surface area contributed by atoms with E-state index in [9.17, 15) is 27.6 Å². The summed E-state index contributed by atoms with van der Waals surface area (Å²) in [5, 5.41) is 5.05. The van der Waals surface area contributed by atoms with Gasteiger partial charge in [0.25, 0.3) is 11.8 Å². The number of carbonyl (C=O) groups excluding carboxylic acids is 4. The van der Waals surface area contributed by atoms with E-state index in [0.29, 0.717) is 17.5 Å². The summed E-state index contributed by atoms with van der Waals surface area (Å²) >= 11 is 0. The number of piperidine rings is 1. The van der Waals surface area contributed by atoms with E-state index in [1.54, 1.807) is 12.1 Å². The Kier molecular flexibility index (Phi) is 5.55. The predicted molar refractivity (Wildman–Crippen MR) is 113 cm³/mol. The molecule has 2 aromatic rings. The highest BCUT2D eigenvalue weighted by Crippen LogP contribution is 2.28. The average molecular weight is 455 g/mol. The zero-order valence-electron chi connectivity index (χ0n) is 17.3. The number of rotatable bonds is 5. The summed E-state index contributed by atoms with van der Waals surface area (Å²) in [6.07, 6.45) is 1.59. The molecule has 0 saturated carbocycles. The zero-order chi connectivity index (χ0) is 23.0. The number of hydrogen-bond acceptors (Lipinski definition) is 6. The van der Waals surface area contributed by atoms with E-state index >= 15 is 0 Å². The van der Waals surface area contributed by atoms with E-state index in [2.05, 4.69) is 10.6 Å². The molecule has 1 fully saturated rings. The minimum Gasteiger partial charge on any atom is -0.348 e. The van der Waals surface area contributed by atoms with Crippen LogP contribution in [0, 0.1) is 0 Å². The van der Waals surface area contributed by atoms with Crippen LogP contribution in [0.15, 0.2) is 47.4 Å². The fourth-order valence-corrected chi connectivity index (χ4v) is 4.51. The normalized spacial score (nSPS) is 18.3. The van der Waals surface area contributed by atoms with Crippen LogP contribution < -0.4 is 10.6 Å². The Balaban J connectivity index is 1.41. The van der Waals surface area contributed by atoms with Crippen molar-refractivity contribution in [2.75, 3.05) is 6.26 Å². The second kappa shape index (κ2) is 8.19. The van der Waals surface area contributed by atoms with Gasteiger partial charge in [-0.05, 0) is 47.9 Å². The van der Waals surface area contributed by atoms with Crippen LogP contribution >= 0.6 is 0 Å². The highest BCUT2D eigenvalue weighted by Gasteiger charge is 2.39. The van der Waals surface area contributed by atoms with Gasteiger partial charge in [-0.1, -0.05) is 12.1 Å². The molecule has 32 heavy (non-hydrogen) atoms. The van der Waals surface area contributed by atoms with Crippen LogP contribution in [-0.4, -0.2) is 49.2 Å². The third-order valence-electron chi connectivity index (χ3n) is 5.59. The predicted octanol–water partition coefficient (Wildman–Crippen LogP) is 0.781. The Morgan fingerprint density at radius 2 is 1.84 bits per heavy atom. The van der Waals surface area contributed by atoms with Crippen molar-refractivity contribution in [1.82, 2.24) is 15.5 Å². The van der Waals surface area contributed by atoms with Gasteiger partial charge in [0, 0.05) is 36.9 Å². The van der Waals surface area contributed by atoms with Crippen molar-refractivity contribution < 1.29 is 27.6 Å². The molecular formula is C22H21N3O6S. The molecule has 1 unspecified atom stereocenters. The number of hydrogen-bond donors (Lipinski definition) is 2. The van der Waals surface area contributed by atoms with Crippen LogP contribution in [0.5, 0.6) is 0 Å². The van der Waals surface area contributed by atoms with Crippen molar-refractivity contribution in [2.45, 2.75) is 36.9 Å². The molecule has 4 amide bonds. The molecule has 0 radical (unpaired) electrons. The SMILES string of the molecule is CS(=O)(=O)c1ccc(C(=O)NCc2ccc3c(c2)CN(C2CCC(=O)NC2=O)C3=O)cc1. The summed E-state index contributed by atoms with van der Waals surface area (Å²) in [7, 11) is -3.33. The number of fused-ring (bicyclic) bond motifs is 1. The first-order chi connectivity index (χ1) is 15.1. The van der Waals surface area contributed by atoms with Gasteiger partial charge >= 0.3 is 0 Å². The Bertz CT molecular complexity index is 1240. The first-order valence-electron chi connectivity index (χ1n) is 9.98. The largest absolute Gasteiger partial charge is 0.348 e. The average Bonchev–Trinajstić information content (AvgIpc) is 3.07. The van der Waals surface area contributed by atoms with Gasteiger partial charge < -0.3 is 10.2 Å². The molecular weight excluding hydrogens is 434 g/mol. The molecule has 0 aliphatic carbocycles. The van der Waals surface area contributed by atoms with Gasteiger partial charge in [-0.25, -0.2) is 8.42 Å². The van der Waals surface area contributed by atoms with E-state index in [4.69, 9.17) is 0 Å². The summed E-state index contributed by atoms with van der Waals surface area (Å²) in [4.78, 5) is 50.2. The third kappa shape index (κ3) is 4.26. The second-order valence-electron chi connectivity index (χ2n) is 7.87. The van der Waals surface area contributed by atoms with E-state index in [0.717, 1.165) is 17.4 Å². The van der Waals surface area contributed by atoms with Crippen molar-refractivity contribution >= 4 is 33.5 Å². The van der Waals surface area contributed by atoms with Crippen LogP contribution in [0.4, 0.5) is 0 Å². The molecule has 0 spiro atoms. The second-order valence-corrected chi connectivity index (χ2v) is 9.89. The molecule has 2 aliphatic rings. The molecule has 0 bridgehead atoms. The molecule has 10 heteroatoms. The summed E-state index contributed by atoms with van der Waals surface area (Å²) in [5.41, 5.74) is 2.37. The van der Waals surface area contributed by atoms with Crippen LogP contribution in [0.25, 0.3) is 0 Å². The number of nitrogens with one attached hydrogen (secondary N) is 2. The molecule has 1 saturated heterocycles. The number of benzene rings is 2. The third-order valence-corrected chi connectivity index (χ3v) is 6.71. The molecule has 2 N–H and O–H groups in total. The van der Waals surface area contributed by atoms with Crippen LogP contribution in [0.3, 0.4) is 0 Å². The van der Waals surface area contributed by atoms with Gasteiger partial charge in [-0.3, -0.25) is 24.5 Å². The van der Waals surface area contributed by atoms with Crippen LogP contribution in [0.2, 0.25) is 0 Å². The van der Waals surface area contributed by atoms with Crippen LogP contribution in [0.1, 0.15) is 44.7 Å². The highest BCUT2D eigenvalue weighted by atomic mass is 32.2. The molecule has 9 nitrogen and oxygen atoms in total. The number of amides is 4. The number of carbonyl (C=O) groups is 4. The number of nitrogens with zero attached hydrogens (tertiary/aromatic N) is 1. The van der Waals surface area contributed by atoms with Crippen LogP contribution in [-0.2, 0) is 32.5 Å². The number of sulfone groups is 1. The van der Waals surface area contributed by atoms with Gasteiger partial charge in [0.05, 0.1) is 4.90 Å². The summed E-state index contributed by atoms with van der Waals surface area (Å²) in [6.45, 7) is 0.474. The van der Waals surface area contributed by atoms with E-state index < -0.39 is 21.8 Å².